The van der Waals surface area contributed by atoms with Crippen LogP contribution in [0.3, 0.4) is 0 Å². The van der Waals surface area contributed by atoms with Crippen LogP contribution in [0.1, 0.15) is 22.7 Å². The molecule has 5 heteroatoms. The van der Waals surface area contributed by atoms with Crippen molar-refractivity contribution in [2.45, 2.75) is 27.3 Å². The van der Waals surface area contributed by atoms with E-state index in [0.29, 0.717) is 6.54 Å². The summed E-state index contributed by atoms with van der Waals surface area (Å²) in [6.45, 7) is 6.57. The molecule has 0 aromatic carbocycles. The normalized spacial score (nSPS) is 10.8. The monoisotopic (exact) mass is 220 g/mol. The van der Waals surface area contributed by atoms with Gasteiger partial charge in [-0.1, -0.05) is 5.16 Å². The van der Waals surface area contributed by atoms with E-state index in [1.54, 1.807) is 4.68 Å². The molecule has 0 bridgehead atoms. The number of aromatic nitrogens is 3. The lowest BCUT2D eigenvalue weighted by Gasteiger charge is -2.03. The van der Waals surface area contributed by atoms with Gasteiger partial charge in [-0.05, 0) is 20.8 Å². The van der Waals surface area contributed by atoms with Crippen LogP contribution in [0.5, 0.6) is 0 Å². The molecule has 0 radical (unpaired) electrons. The van der Waals surface area contributed by atoms with E-state index in [-0.39, 0.29) is 0 Å². The van der Waals surface area contributed by atoms with Crippen molar-refractivity contribution in [1.82, 2.24) is 14.9 Å². The van der Waals surface area contributed by atoms with Crippen LogP contribution in [0.4, 0.5) is 5.69 Å². The van der Waals surface area contributed by atoms with Crippen LogP contribution in [0, 0.1) is 20.8 Å². The van der Waals surface area contributed by atoms with Crippen LogP contribution in [-0.4, -0.2) is 14.9 Å². The predicted octanol–water partition coefficient (Wildman–Crippen LogP) is 1.95. The lowest BCUT2D eigenvalue weighted by atomic mass is 10.2. The van der Waals surface area contributed by atoms with E-state index < -0.39 is 0 Å². The summed E-state index contributed by atoms with van der Waals surface area (Å²) in [4.78, 5) is 0. The second kappa shape index (κ2) is 4.00. The SMILES string of the molecule is Cc1nn(C)cc1NCc1c(C)noc1C. The lowest BCUT2D eigenvalue weighted by Crippen LogP contribution is -2.01. The molecule has 0 spiro atoms. The van der Waals surface area contributed by atoms with E-state index in [1.165, 1.54) is 0 Å². The van der Waals surface area contributed by atoms with Crippen molar-refractivity contribution in [3.8, 4) is 0 Å². The van der Waals surface area contributed by atoms with Crippen LogP contribution in [0.25, 0.3) is 0 Å². The number of hydrogen-bond acceptors (Lipinski definition) is 4. The molecular weight excluding hydrogens is 204 g/mol. The molecular formula is C11H16N4O. The number of nitrogens with one attached hydrogen (secondary N) is 1. The summed E-state index contributed by atoms with van der Waals surface area (Å²) in [5.41, 5.74) is 4.09. The Morgan fingerprint density at radius 1 is 1.31 bits per heavy atom. The average molecular weight is 220 g/mol. The zero-order valence-electron chi connectivity index (χ0n) is 10.0. The first-order valence-corrected chi connectivity index (χ1v) is 5.24. The van der Waals surface area contributed by atoms with Crippen molar-refractivity contribution in [2.24, 2.45) is 7.05 Å². The molecule has 86 valence electrons. The number of nitrogens with zero attached hydrogens (tertiary/aromatic N) is 3. The third-order valence-electron chi connectivity index (χ3n) is 2.65. The molecule has 0 aliphatic heterocycles. The van der Waals surface area contributed by atoms with Crippen molar-refractivity contribution < 1.29 is 4.52 Å². The maximum Gasteiger partial charge on any atom is 0.138 e. The van der Waals surface area contributed by atoms with Gasteiger partial charge in [-0.15, -0.1) is 0 Å². The molecule has 0 unspecified atom stereocenters. The van der Waals surface area contributed by atoms with Crippen LogP contribution >= 0.6 is 0 Å². The van der Waals surface area contributed by atoms with Gasteiger partial charge in [0.2, 0.25) is 0 Å². The number of aryl methyl sites for hydroxylation is 4. The van der Waals surface area contributed by atoms with Crippen molar-refractivity contribution in [3.05, 3.63) is 28.9 Å². The molecule has 0 amide bonds. The number of anilines is 1. The Balaban J connectivity index is 2.11. The molecule has 0 atom stereocenters. The highest BCUT2D eigenvalue weighted by atomic mass is 16.5. The molecule has 0 aliphatic rings. The van der Waals surface area contributed by atoms with Gasteiger partial charge in [-0.2, -0.15) is 5.10 Å². The van der Waals surface area contributed by atoms with E-state index in [4.69, 9.17) is 4.52 Å². The lowest BCUT2D eigenvalue weighted by molar-refractivity contribution is 0.392. The molecule has 0 saturated carbocycles. The highest BCUT2D eigenvalue weighted by Crippen LogP contribution is 2.16. The van der Waals surface area contributed by atoms with Crippen molar-refractivity contribution >= 4 is 5.69 Å². The third kappa shape index (κ3) is 1.93. The highest BCUT2D eigenvalue weighted by molar-refractivity contribution is 5.46. The fourth-order valence-corrected chi connectivity index (χ4v) is 1.71. The Bertz CT molecular complexity index is 479. The quantitative estimate of drug-likeness (QED) is 0.858. The molecule has 0 saturated heterocycles. The number of hydrogen-bond donors (Lipinski definition) is 1. The molecule has 2 heterocycles. The minimum atomic E-state index is 0.716. The average Bonchev–Trinajstić information content (AvgIpc) is 2.69. The Morgan fingerprint density at radius 2 is 2.06 bits per heavy atom. The van der Waals surface area contributed by atoms with Gasteiger partial charge in [0.25, 0.3) is 0 Å². The second-order valence-electron chi connectivity index (χ2n) is 3.96. The zero-order chi connectivity index (χ0) is 11.7. The van der Waals surface area contributed by atoms with E-state index in [1.807, 2.05) is 34.0 Å². The molecule has 16 heavy (non-hydrogen) atoms. The van der Waals surface area contributed by atoms with Gasteiger partial charge >= 0.3 is 0 Å². The predicted molar refractivity (Wildman–Crippen MR) is 61.2 cm³/mol. The van der Waals surface area contributed by atoms with Gasteiger partial charge in [0, 0.05) is 25.4 Å². The largest absolute Gasteiger partial charge is 0.378 e. The first kappa shape index (κ1) is 10.7. The van der Waals surface area contributed by atoms with Gasteiger partial charge in [-0.25, -0.2) is 0 Å². The maximum absolute atomic E-state index is 5.11. The van der Waals surface area contributed by atoms with Crippen molar-refractivity contribution in [3.63, 3.8) is 0 Å². The van der Waals surface area contributed by atoms with E-state index in [2.05, 4.69) is 15.6 Å². The van der Waals surface area contributed by atoms with Crippen molar-refractivity contribution in [2.75, 3.05) is 5.32 Å². The van der Waals surface area contributed by atoms with Crippen LogP contribution < -0.4 is 5.32 Å². The fourth-order valence-electron chi connectivity index (χ4n) is 1.71. The summed E-state index contributed by atoms with van der Waals surface area (Å²) >= 11 is 0. The Hall–Kier alpha value is -1.78. The third-order valence-corrected chi connectivity index (χ3v) is 2.65. The summed E-state index contributed by atoms with van der Waals surface area (Å²) < 4.78 is 6.90. The molecule has 2 aromatic rings. The van der Waals surface area contributed by atoms with Gasteiger partial charge in [0.15, 0.2) is 0 Å². The Kier molecular flexibility index (Phi) is 2.68. The second-order valence-corrected chi connectivity index (χ2v) is 3.96. The number of rotatable bonds is 3. The molecule has 0 fully saturated rings. The Morgan fingerprint density at radius 3 is 2.56 bits per heavy atom. The van der Waals surface area contributed by atoms with Gasteiger partial charge in [-0.3, -0.25) is 4.68 Å². The van der Waals surface area contributed by atoms with E-state index >= 15 is 0 Å². The summed E-state index contributed by atoms with van der Waals surface area (Å²) in [6, 6.07) is 0. The molecule has 0 aliphatic carbocycles. The van der Waals surface area contributed by atoms with Gasteiger partial charge in [0.1, 0.15) is 5.76 Å². The summed E-state index contributed by atoms with van der Waals surface area (Å²) in [6.07, 6.45) is 1.97. The first-order chi connectivity index (χ1) is 7.58. The zero-order valence-corrected chi connectivity index (χ0v) is 10.0. The Labute approximate surface area is 94.4 Å². The first-order valence-electron chi connectivity index (χ1n) is 5.24. The minimum absolute atomic E-state index is 0.716. The summed E-state index contributed by atoms with van der Waals surface area (Å²) in [7, 11) is 1.91. The van der Waals surface area contributed by atoms with Crippen LogP contribution in [0.2, 0.25) is 0 Å². The fraction of sp³-hybridized carbons (Fsp3) is 0.455. The van der Waals surface area contributed by atoms with Gasteiger partial charge in [0.05, 0.1) is 17.1 Å². The minimum Gasteiger partial charge on any atom is -0.378 e. The highest BCUT2D eigenvalue weighted by Gasteiger charge is 2.09. The molecule has 5 nitrogen and oxygen atoms in total. The summed E-state index contributed by atoms with van der Waals surface area (Å²) in [5, 5.41) is 11.5. The maximum atomic E-state index is 5.11. The van der Waals surface area contributed by atoms with E-state index in [9.17, 15) is 0 Å². The molecule has 1 N–H and O–H groups in total. The van der Waals surface area contributed by atoms with Crippen LogP contribution in [-0.2, 0) is 13.6 Å². The molecule has 2 rings (SSSR count). The topological polar surface area (TPSA) is 55.9 Å². The van der Waals surface area contributed by atoms with Gasteiger partial charge < -0.3 is 9.84 Å². The van der Waals surface area contributed by atoms with Crippen LogP contribution in [0.15, 0.2) is 10.7 Å². The van der Waals surface area contributed by atoms with E-state index in [0.717, 1.165) is 28.4 Å². The smallest absolute Gasteiger partial charge is 0.138 e. The molecule has 2 aromatic heterocycles. The summed E-state index contributed by atoms with van der Waals surface area (Å²) in [5.74, 6) is 0.867. The standard InChI is InChI=1S/C11H16N4O/c1-7-10(9(3)16-14-7)5-12-11-6-15(4)13-8(11)2/h6,12H,5H2,1-4H3. The van der Waals surface area contributed by atoms with Crippen molar-refractivity contribution in [1.29, 1.82) is 0 Å².